The van der Waals surface area contributed by atoms with Gasteiger partial charge < -0.3 is 9.47 Å². The van der Waals surface area contributed by atoms with Crippen molar-refractivity contribution in [2.24, 2.45) is 5.11 Å². The van der Waals surface area contributed by atoms with Crippen LogP contribution in [0, 0.1) is 0 Å². The monoisotopic (exact) mass is 159 g/mol. The lowest BCUT2D eigenvalue weighted by molar-refractivity contribution is -0.109. The van der Waals surface area contributed by atoms with Crippen molar-refractivity contribution in [2.45, 2.75) is 19.4 Å². The zero-order valence-corrected chi connectivity index (χ0v) is 7.07. The number of hydrogen-bond acceptors (Lipinski definition) is 3. The van der Waals surface area contributed by atoms with Gasteiger partial charge in [0.2, 0.25) is 0 Å². The van der Waals surface area contributed by atoms with Gasteiger partial charge in [0.05, 0.1) is 12.1 Å². The van der Waals surface area contributed by atoms with E-state index in [1.807, 2.05) is 13.8 Å². The van der Waals surface area contributed by atoms with Crippen molar-refractivity contribution < 1.29 is 9.47 Å². The third kappa shape index (κ3) is 5.66. The Hall–Kier alpha value is -0.770. The Morgan fingerprint density at radius 2 is 2.18 bits per heavy atom. The number of azide groups is 1. The van der Waals surface area contributed by atoms with E-state index in [2.05, 4.69) is 10.0 Å². The summed E-state index contributed by atoms with van der Waals surface area (Å²) in [6, 6.07) is 0. The van der Waals surface area contributed by atoms with E-state index in [1.165, 1.54) is 0 Å². The molecule has 0 spiro atoms. The highest BCUT2D eigenvalue weighted by molar-refractivity contribution is 4.70. The molecule has 0 aliphatic heterocycles. The van der Waals surface area contributed by atoms with Gasteiger partial charge in [0.15, 0.2) is 0 Å². The summed E-state index contributed by atoms with van der Waals surface area (Å²) in [6.07, 6.45) is 0. The van der Waals surface area contributed by atoms with Crippen LogP contribution in [-0.2, 0) is 9.47 Å². The van der Waals surface area contributed by atoms with E-state index in [0.29, 0.717) is 6.54 Å². The molecule has 0 amide bonds. The summed E-state index contributed by atoms with van der Waals surface area (Å²) in [5.41, 5.74) is 7.58. The molecular weight excluding hydrogens is 146 g/mol. The lowest BCUT2D eigenvalue weighted by Crippen LogP contribution is -2.28. The van der Waals surface area contributed by atoms with Crippen molar-refractivity contribution in [1.29, 1.82) is 0 Å². The van der Waals surface area contributed by atoms with Crippen LogP contribution >= 0.6 is 0 Å². The van der Waals surface area contributed by atoms with Gasteiger partial charge in [-0.2, -0.15) is 0 Å². The topological polar surface area (TPSA) is 67.2 Å². The molecular formula is C6H13N3O2. The third-order valence-corrected chi connectivity index (χ3v) is 1.08. The summed E-state index contributed by atoms with van der Waals surface area (Å²) < 4.78 is 9.89. The summed E-state index contributed by atoms with van der Waals surface area (Å²) in [5, 5.41) is 3.40. The van der Waals surface area contributed by atoms with Crippen molar-refractivity contribution in [3.05, 3.63) is 10.4 Å². The average Bonchev–Trinajstić information content (AvgIpc) is 1.97. The lowest BCUT2D eigenvalue weighted by atomic mass is 10.1. The van der Waals surface area contributed by atoms with Crippen LogP contribution in [0.1, 0.15) is 13.8 Å². The minimum Gasteiger partial charge on any atom is -0.359 e. The van der Waals surface area contributed by atoms with Crippen molar-refractivity contribution in [3.8, 4) is 0 Å². The molecule has 0 unspecified atom stereocenters. The Morgan fingerprint density at radius 3 is 2.64 bits per heavy atom. The van der Waals surface area contributed by atoms with Crippen LogP contribution in [0.25, 0.3) is 10.4 Å². The highest BCUT2D eigenvalue weighted by Gasteiger charge is 2.16. The molecule has 0 rings (SSSR count). The van der Waals surface area contributed by atoms with Gasteiger partial charge in [-0.15, -0.1) is 0 Å². The van der Waals surface area contributed by atoms with Gasteiger partial charge in [-0.25, -0.2) is 0 Å². The van der Waals surface area contributed by atoms with Gasteiger partial charge in [-0.3, -0.25) is 0 Å². The van der Waals surface area contributed by atoms with E-state index >= 15 is 0 Å². The fourth-order valence-corrected chi connectivity index (χ4v) is 0.466. The Bertz CT molecular complexity index is 152. The number of rotatable bonds is 5. The van der Waals surface area contributed by atoms with E-state index in [9.17, 15) is 0 Å². The molecule has 0 aromatic heterocycles. The smallest absolute Gasteiger partial charge is 0.147 e. The molecule has 11 heavy (non-hydrogen) atoms. The summed E-state index contributed by atoms with van der Waals surface area (Å²) in [7, 11) is 1.55. The van der Waals surface area contributed by atoms with Crippen LogP contribution < -0.4 is 0 Å². The van der Waals surface area contributed by atoms with Crippen molar-refractivity contribution >= 4 is 0 Å². The van der Waals surface area contributed by atoms with E-state index in [4.69, 9.17) is 15.0 Å². The Balaban J connectivity index is 3.69. The van der Waals surface area contributed by atoms with Gasteiger partial charge in [-0.05, 0) is 19.4 Å². The molecule has 0 heterocycles. The molecule has 0 aromatic rings. The van der Waals surface area contributed by atoms with E-state index in [0.717, 1.165) is 0 Å². The molecule has 0 aliphatic rings. The predicted octanol–water partition coefficient (Wildman–Crippen LogP) is 1.70. The highest BCUT2D eigenvalue weighted by atomic mass is 16.7. The second-order valence-corrected chi connectivity index (χ2v) is 2.70. The van der Waals surface area contributed by atoms with Gasteiger partial charge in [0.1, 0.15) is 6.79 Å². The molecule has 5 heteroatoms. The van der Waals surface area contributed by atoms with Crippen LogP contribution in [0.3, 0.4) is 0 Å². The Labute approximate surface area is 65.9 Å². The Kier molecular flexibility index (Phi) is 4.61. The zero-order valence-electron chi connectivity index (χ0n) is 7.07. The summed E-state index contributed by atoms with van der Waals surface area (Å²) >= 11 is 0. The second-order valence-electron chi connectivity index (χ2n) is 2.70. The quantitative estimate of drug-likeness (QED) is 0.265. The maximum Gasteiger partial charge on any atom is 0.147 e. The minimum absolute atomic E-state index is 0.216. The van der Waals surface area contributed by atoms with E-state index in [1.54, 1.807) is 7.11 Å². The lowest BCUT2D eigenvalue weighted by Gasteiger charge is -2.21. The number of hydrogen-bond donors (Lipinski definition) is 0. The molecule has 0 atom stereocenters. The van der Waals surface area contributed by atoms with Gasteiger partial charge >= 0.3 is 0 Å². The molecule has 0 aliphatic carbocycles. The van der Waals surface area contributed by atoms with Crippen molar-refractivity contribution in [1.82, 2.24) is 0 Å². The number of ether oxygens (including phenoxy) is 2. The average molecular weight is 159 g/mol. The van der Waals surface area contributed by atoms with E-state index in [-0.39, 0.29) is 6.79 Å². The second kappa shape index (κ2) is 4.96. The van der Waals surface area contributed by atoms with Crippen LogP contribution in [0.4, 0.5) is 0 Å². The molecule has 0 aromatic carbocycles. The maximum atomic E-state index is 8.03. The fourth-order valence-electron chi connectivity index (χ4n) is 0.466. The first kappa shape index (κ1) is 10.2. The number of methoxy groups -OCH3 is 1. The van der Waals surface area contributed by atoms with E-state index < -0.39 is 5.60 Å². The molecule has 0 N–H and O–H groups in total. The molecule has 0 radical (unpaired) electrons. The molecule has 0 bridgehead atoms. The van der Waals surface area contributed by atoms with Crippen LogP contribution in [0.15, 0.2) is 5.11 Å². The molecule has 0 saturated carbocycles. The van der Waals surface area contributed by atoms with Crippen LogP contribution in [-0.4, -0.2) is 26.0 Å². The molecule has 5 nitrogen and oxygen atoms in total. The summed E-state index contributed by atoms with van der Waals surface area (Å²) in [6.45, 7) is 4.20. The van der Waals surface area contributed by atoms with Crippen LogP contribution in [0.5, 0.6) is 0 Å². The SMILES string of the molecule is COCOC(C)(C)CN=[N+]=[N-]. The van der Waals surface area contributed by atoms with Crippen LogP contribution in [0.2, 0.25) is 0 Å². The zero-order chi connectivity index (χ0) is 8.74. The highest BCUT2D eigenvalue weighted by Crippen LogP contribution is 2.08. The fraction of sp³-hybridized carbons (Fsp3) is 1.00. The van der Waals surface area contributed by atoms with Crippen molar-refractivity contribution in [2.75, 3.05) is 20.4 Å². The predicted molar refractivity (Wildman–Crippen MR) is 41.1 cm³/mol. The molecule has 0 saturated heterocycles. The van der Waals surface area contributed by atoms with Crippen molar-refractivity contribution in [3.63, 3.8) is 0 Å². The Morgan fingerprint density at radius 1 is 1.55 bits per heavy atom. The standard InChI is InChI=1S/C6H13N3O2/c1-6(2,4-8-9-7)11-5-10-3/h4-5H2,1-3H3. The maximum absolute atomic E-state index is 8.03. The van der Waals surface area contributed by atoms with Gasteiger partial charge in [0, 0.05) is 12.0 Å². The summed E-state index contributed by atoms with van der Waals surface area (Å²) in [4.78, 5) is 2.63. The molecule has 0 fully saturated rings. The first-order chi connectivity index (χ1) is 5.12. The minimum atomic E-state index is -0.442. The normalized spacial score (nSPS) is 10.8. The summed E-state index contributed by atoms with van der Waals surface area (Å²) in [5.74, 6) is 0. The largest absolute Gasteiger partial charge is 0.359 e. The molecule has 64 valence electrons. The van der Waals surface area contributed by atoms with Gasteiger partial charge in [-0.1, -0.05) is 5.11 Å². The first-order valence-corrected chi connectivity index (χ1v) is 3.26. The third-order valence-electron chi connectivity index (χ3n) is 1.08. The number of nitrogens with zero attached hydrogens (tertiary/aromatic N) is 3. The first-order valence-electron chi connectivity index (χ1n) is 3.26. The van der Waals surface area contributed by atoms with Gasteiger partial charge in [0.25, 0.3) is 0 Å².